The summed E-state index contributed by atoms with van der Waals surface area (Å²) in [6, 6.07) is 6.32. The second kappa shape index (κ2) is 10.5. The zero-order valence-electron chi connectivity index (χ0n) is 19.4. The number of halogens is 2. The molecule has 1 aliphatic rings. The van der Waals surface area contributed by atoms with Crippen molar-refractivity contribution in [2.24, 2.45) is 0 Å². The molecule has 0 radical (unpaired) electrons. The number of anilines is 2. The molecule has 3 heterocycles. The highest BCUT2D eigenvalue weighted by Gasteiger charge is 2.23. The van der Waals surface area contributed by atoms with Gasteiger partial charge >= 0.3 is 0 Å². The van der Waals surface area contributed by atoms with Gasteiger partial charge < -0.3 is 20.3 Å². The topological polar surface area (TPSA) is 97.2 Å². The zero-order valence-corrected chi connectivity index (χ0v) is 20.9. The number of nitrogens with one attached hydrogen (secondary N) is 2. The van der Waals surface area contributed by atoms with Crippen molar-refractivity contribution in [3.63, 3.8) is 0 Å². The Morgan fingerprint density at radius 2 is 2.11 bits per heavy atom. The fraction of sp³-hybridized carbons (Fsp3) is 0.250. The normalized spacial score (nSPS) is 16.6. The van der Waals surface area contributed by atoms with E-state index in [0.29, 0.717) is 6.04 Å². The van der Waals surface area contributed by atoms with Crippen LogP contribution < -0.4 is 15.4 Å². The summed E-state index contributed by atoms with van der Waals surface area (Å²) in [5, 5.41) is 11.6. The van der Waals surface area contributed by atoms with Crippen LogP contribution >= 0.6 is 23.2 Å². The predicted molar refractivity (Wildman–Crippen MR) is 138 cm³/mol. The number of hydrogen-bond donors (Lipinski definition) is 2. The summed E-state index contributed by atoms with van der Waals surface area (Å²) in [7, 11) is 3.54. The number of likely N-dealkylation sites (N-methyl/N-ethyl adjacent to an activating group) is 1. The van der Waals surface area contributed by atoms with E-state index in [1.165, 1.54) is 19.4 Å². The minimum Gasteiger partial charge on any atom is -0.480 e. The van der Waals surface area contributed by atoms with Gasteiger partial charge in [0.2, 0.25) is 11.8 Å². The minimum absolute atomic E-state index is 0.0556. The number of carbonyl (C=O) groups excluding carboxylic acids is 1. The van der Waals surface area contributed by atoms with Crippen molar-refractivity contribution in [3.05, 3.63) is 71.2 Å². The van der Waals surface area contributed by atoms with Gasteiger partial charge in [-0.05, 0) is 44.3 Å². The third-order valence-corrected chi connectivity index (χ3v) is 6.22. The first-order valence-electron chi connectivity index (χ1n) is 10.8. The number of ether oxygens (including phenoxy) is 1. The van der Waals surface area contributed by atoms with Crippen LogP contribution in [-0.2, 0) is 0 Å². The first-order chi connectivity index (χ1) is 16.8. The number of allylic oxidation sites excluding steroid dienone is 3. The molecule has 4 rings (SSSR count). The first kappa shape index (κ1) is 24.7. The smallest absolute Gasteiger partial charge is 0.262 e. The summed E-state index contributed by atoms with van der Waals surface area (Å²) in [4.78, 5) is 23.7. The lowest BCUT2D eigenvalue weighted by atomic mass is 10.2. The van der Waals surface area contributed by atoms with Crippen LogP contribution in [0.2, 0.25) is 0 Å². The molecule has 0 spiro atoms. The summed E-state index contributed by atoms with van der Waals surface area (Å²) in [5.41, 5.74) is 2.08. The molecule has 1 aromatic carbocycles. The highest BCUT2D eigenvalue weighted by molar-refractivity contribution is 6.36. The number of nitrogens with zero attached hydrogens (tertiary/aromatic N) is 5. The molecular formula is C24H25Cl2N7O2. The fourth-order valence-electron chi connectivity index (χ4n) is 3.94. The Labute approximate surface area is 213 Å². The first-order valence-corrected chi connectivity index (χ1v) is 11.6. The Balaban J connectivity index is 1.54. The van der Waals surface area contributed by atoms with E-state index in [1.807, 2.05) is 24.4 Å². The predicted octanol–water partition coefficient (Wildman–Crippen LogP) is 4.57. The summed E-state index contributed by atoms with van der Waals surface area (Å²) >= 11 is 12.0. The van der Waals surface area contributed by atoms with Gasteiger partial charge in [0.15, 0.2) is 0 Å². The van der Waals surface area contributed by atoms with Gasteiger partial charge in [-0.1, -0.05) is 36.4 Å². The quantitative estimate of drug-likeness (QED) is 0.425. The Kier molecular flexibility index (Phi) is 7.39. The molecule has 35 heavy (non-hydrogen) atoms. The van der Waals surface area contributed by atoms with Gasteiger partial charge in [-0.15, -0.1) is 0 Å². The second-order valence-corrected chi connectivity index (χ2v) is 8.96. The van der Waals surface area contributed by atoms with Crippen molar-refractivity contribution in [1.82, 2.24) is 30.0 Å². The van der Waals surface area contributed by atoms with Crippen molar-refractivity contribution < 1.29 is 9.53 Å². The third kappa shape index (κ3) is 5.32. The van der Waals surface area contributed by atoms with Crippen LogP contribution in [0.25, 0.3) is 10.9 Å². The number of benzene rings is 1. The van der Waals surface area contributed by atoms with E-state index in [-0.39, 0.29) is 33.2 Å². The molecule has 2 N–H and O–H groups in total. The van der Waals surface area contributed by atoms with Gasteiger partial charge in [0.1, 0.15) is 5.56 Å². The van der Waals surface area contributed by atoms with Crippen LogP contribution in [-0.4, -0.2) is 57.8 Å². The lowest BCUT2D eigenvalue weighted by Gasteiger charge is -2.13. The molecule has 3 aromatic rings. The van der Waals surface area contributed by atoms with Gasteiger partial charge in [0.05, 0.1) is 40.6 Å². The van der Waals surface area contributed by atoms with E-state index in [9.17, 15) is 4.79 Å². The molecule has 1 aliphatic heterocycles. The van der Waals surface area contributed by atoms with Crippen molar-refractivity contribution in [2.75, 3.05) is 32.6 Å². The van der Waals surface area contributed by atoms with Crippen molar-refractivity contribution in [3.8, 4) is 5.88 Å². The molecule has 11 heteroatoms. The molecule has 0 saturated carbocycles. The number of fused-ring (bicyclic) bond motifs is 1. The molecule has 182 valence electrons. The van der Waals surface area contributed by atoms with E-state index in [2.05, 4.69) is 55.5 Å². The maximum atomic E-state index is 12.8. The van der Waals surface area contributed by atoms with Crippen LogP contribution in [0.5, 0.6) is 5.88 Å². The largest absolute Gasteiger partial charge is 0.480 e. The second-order valence-electron chi connectivity index (χ2n) is 8.10. The maximum Gasteiger partial charge on any atom is 0.262 e. The number of likely N-dealkylation sites (tertiary alicyclic amines) is 1. The van der Waals surface area contributed by atoms with Crippen LogP contribution in [0.4, 0.5) is 11.6 Å². The van der Waals surface area contributed by atoms with Crippen LogP contribution in [0.1, 0.15) is 22.8 Å². The lowest BCUT2D eigenvalue weighted by Crippen LogP contribution is -2.24. The van der Waals surface area contributed by atoms with Gasteiger partial charge in [-0.3, -0.25) is 9.48 Å². The number of aromatic nitrogens is 4. The van der Waals surface area contributed by atoms with E-state index < -0.39 is 5.91 Å². The number of methoxy groups -OCH3 is 1. The molecule has 0 aliphatic carbocycles. The van der Waals surface area contributed by atoms with Gasteiger partial charge in [-0.25, -0.2) is 4.98 Å². The number of hydrogen-bond acceptors (Lipinski definition) is 7. The Bertz CT molecular complexity index is 1330. The summed E-state index contributed by atoms with van der Waals surface area (Å²) in [6.07, 6.45) is 5.64. The van der Waals surface area contributed by atoms with E-state index in [1.54, 1.807) is 0 Å². The molecule has 1 saturated heterocycles. The number of rotatable bonds is 8. The van der Waals surface area contributed by atoms with Crippen LogP contribution in [0, 0.1) is 0 Å². The van der Waals surface area contributed by atoms with Gasteiger partial charge in [0, 0.05) is 23.8 Å². The highest BCUT2D eigenvalue weighted by atomic mass is 35.5. The molecular weight excluding hydrogens is 489 g/mol. The summed E-state index contributed by atoms with van der Waals surface area (Å²) in [5.74, 6) is -0.214. The summed E-state index contributed by atoms with van der Waals surface area (Å²) < 4.78 is 7.41. The molecule has 1 unspecified atom stereocenters. The van der Waals surface area contributed by atoms with E-state index in [4.69, 9.17) is 27.9 Å². The molecule has 1 atom stereocenters. The summed E-state index contributed by atoms with van der Waals surface area (Å²) in [6.45, 7) is 9.22. The van der Waals surface area contributed by atoms with E-state index >= 15 is 0 Å². The fourth-order valence-corrected chi connectivity index (χ4v) is 4.30. The molecule has 1 amide bonds. The zero-order chi connectivity index (χ0) is 25.1. The van der Waals surface area contributed by atoms with Crippen LogP contribution in [0.3, 0.4) is 0 Å². The van der Waals surface area contributed by atoms with Crippen molar-refractivity contribution >= 4 is 51.6 Å². The average Bonchev–Trinajstić information content (AvgIpc) is 3.47. The monoisotopic (exact) mass is 513 g/mol. The molecule has 9 nitrogen and oxygen atoms in total. The Morgan fingerprint density at radius 1 is 1.31 bits per heavy atom. The van der Waals surface area contributed by atoms with Crippen molar-refractivity contribution in [2.45, 2.75) is 12.5 Å². The maximum absolute atomic E-state index is 12.8. The van der Waals surface area contributed by atoms with Gasteiger partial charge in [-0.2, -0.15) is 10.1 Å². The third-order valence-electron chi connectivity index (χ3n) is 5.68. The number of carbonyl (C=O) groups is 1. The Hall–Kier alpha value is -3.40. The molecule has 1 fully saturated rings. The SMILES string of the molecule is C=C/C(Cl)=C(/NC(=O)c1cnc(Nc2ccc3c(cnn3C3CCN(C)C3)c2)nc1OC)C(=C)Cl. The standard InChI is InChI=1S/C24H25Cl2N7O2/c1-5-19(26)21(14(2)25)30-22(34)18-12-27-24(31-23(18)35-4)29-16-6-7-20-15(10-16)11-28-33(20)17-8-9-32(3)13-17/h5-7,10-12,17H,1-2,8-9,13H2,3-4H3,(H,30,34)(H,27,29,31)/b21-19-. The molecule has 0 bridgehead atoms. The average molecular weight is 514 g/mol. The van der Waals surface area contributed by atoms with Crippen LogP contribution in [0.15, 0.2) is 65.6 Å². The molecule has 2 aromatic heterocycles. The highest BCUT2D eigenvalue weighted by Crippen LogP contribution is 2.28. The number of amides is 1. The lowest BCUT2D eigenvalue weighted by molar-refractivity contribution is 0.0962. The van der Waals surface area contributed by atoms with E-state index in [0.717, 1.165) is 36.1 Å². The minimum atomic E-state index is -0.559. The van der Waals surface area contributed by atoms with Crippen molar-refractivity contribution in [1.29, 1.82) is 0 Å². The van der Waals surface area contributed by atoms with Gasteiger partial charge in [0.25, 0.3) is 5.91 Å². The Morgan fingerprint density at radius 3 is 2.77 bits per heavy atom.